The molecule has 0 radical (unpaired) electrons. The second-order valence-corrected chi connectivity index (χ2v) is 4.19. The van der Waals surface area contributed by atoms with Crippen LogP contribution in [0.3, 0.4) is 0 Å². The third-order valence-corrected chi connectivity index (χ3v) is 2.95. The molecular weight excluding hydrogens is 272 g/mol. The maximum atomic E-state index is 5.88. The van der Waals surface area contributed by atoms with Gasteiger partial charge in [0.25, 0.3) is 0 Å². The van der Waals surface area contributed by atoms with E-state index in [4.69, 9.17) is 24.7 Å². The molecule has 0 amide bonds. The van der Waals surface area contributed by atoms with E-state index in [-0.39, 0.29) is 6.61 Å². The Bertz CT molecular complexity index is 617. The highest BCUT2D eigenvalue weighted by Gasteiger charge is 2.12. The molecule has 21 heavy (non-hydrogen) atoms. The van der Waals surface area contributed by atoms with E-state index in [1.54, 1.807) is 51.8 Å². The zero-order valence-electron chi connectivity index (χ0n) is 12.3. The molecule has 2 rings (SSSR count). The van der Waals surface area contributed by atoms with Gasteiger partial charge in [-0.05, 0) is 12.1 Å². The number of anilines is 1. The number of hydrogen-bond donors (Lipinski definition) is 1. The number of aromatic nitrogens is 1. The molecule has 6 nitrogen and oxygen atoms in total. The van der Waals surface area contributed by atoms with Gasteiger partial charge in [-0.1, -0.05) is 0 Å². The van der Waals surface area contributed by atoms with Crippen LogP contribution >= 0.6 is 0 Å². The average Bonchev–Trinajstić information content (AvgIpc) is 2.53. The number of pyridine rings is 1. The quantitative estimate of drug-likeness (QED) is 0.822. The Morgan fingerprint density at radius 3 is 2.48 bits per heavy atom. The van der Waals surface area contributed by atoms with Gasteiger partial charge >= 0.3 is 0 Å². The molecule has 0 bridgehead atoms. The summed E-state index contributed by atoms with van der Waals surface area (Å²) in [5, 5.41) is 0. The minimum atomic E-state index is 0.206. The summed E-state index contributed by atoms with van der Waals surface area (Å²) in [5.74, 6) is 2.34. The predicted octanol–water partition coefficient (Wildman–Crippen LogP) is 2.27. The molecule has 112 valence electrons. The van der Waals surface area contributed by atoms with Gasteiger partial charge in [0, 0.05) is 18.3 Å². The molecular formula is C15H18N2O4. The highest BCUT2D eigenvalue weighted by atomic mass is 16.5. The molecule has 2 aromatic rings. The number of rotatable bonds is 6. The van der Waals surface area contributed by atoms with Crippen molar-refractivity contribution in [2.24, 2.45) is 0 Å². The number of nitrogens with zero attached hydrogens (tertiary/aromatic N) is 1. The largest absolute Gasteiger partial charge is 0.497 e. The van der Waals surface area contributed by atoms with E-state index in [0.29, 0.717) is 34.4 Å². The van der Waals surface area contributed by atoms with Gasteiger partial charge in [-0.2, -0.15) is 0 Å². The number of nitrogens with two attached hydrogens (primary N) is 1. The van der Waals surface area contributed by atoms with E-state index in [0.717, 1.165) is 0 Å². The highest BCUT2D eigenvalue weighted by molar-refractivity contribution is 5.55. The van der Waals surface area contributed by atoms with Gasteiger partial charge in [0.1, 0.15) is 23.8 Å². The maximum absolute atomic E-state index is 5.88. The molecule has 0 aliphatic carbocycles. The van der Waals surface area contributed by atoms with Crippen LogP contribution in [0.5, 0.6) is 23.0 Å². The minimum absolute atomic E-state index is 0.206. The molecule has 1 aromatic heterocycles. The Kier molecular flexibility index (Phi) is 4.71. The molecule has 0 atom stereocenters. The zero-order valence-corrected chi connectivity index (χ0v) is 12.3. The fourth-order valence-corrected chi connectivity index (χ4v) is 1.87. The molecule has 0 aliphatic heterocycles. The Balaban J connectivity index is 2.20. The van der Waals surface area contributed by atoms with Gasteiger partial charge < -0.3 is 24.7 Å². The van der Waals surface area contributed by atoms with Crippen molar-refractivity contribution >= 4 is 5.69 Å². The summed E-state index contributed by atoms with van der Waals surface area (Å²) < 4.78 is 21.4. The van der Waals surface area contributed by atoms with Gasteiger partial charge in [0.15, 0.2) is 11.5 Å². The Morgan fingerprint density at radius 2 is 1.81 bits per heavy atom. The van der Waals surface area contributed by atoms with E-state index in [1.807, 2.05) is 0 Å². The Labute approximate surface area is 123 Å². The summed E-state index contributed by atoms with van der Waals surface area (Å²) >= 11 is 0. The third-order valence-electron chi connectivity index (χ3n) is 2.95. The normalized spacial score (nSPS) is 10.0. The second kappa shape index (κ2) is 6.69. The van der Waals surface area contributed by atoms with Gasteiger partial charge in [-0.3, -0.25) is 4.98 Å². The smallest absolute Gasteiger partial charge is 0.185 e. The molecule has 1 heterocycles. The van der Waals surface area contributed by atoms with E-state index in [1.165, 1.54) is 0 Å². The van der Waals surface area contributed by atoms with Crippen LogP contribution < -0.4 is 24.7 Å². The average molecular weight is 290 g/mol. The molecule has 0 unspecified atom stereocenters. The highest BCUT2D eigenvalue weighted by Crippen LogP contribution is 2.31. The fraction of sp³-hybridized carbons (Fsp3) is 0.267. The first-order valence-electron chi connectivity index (χ1n) is 6.31. The monoisotopic (exact) mass is 290 g/mol. The fourth-order valence-electron chi connectivity index (χ4n) is 1.87. The van der Waals surface area contributed by atoms with Crippen LogP contribution in [0.15, 0.2) is 30.5 Å². The van der Waals surface area contributed by atoms with Crippen molar-refractivity contribution in [2.45, 2.75) is 6.61 Å². The van der Waals surface area contributed by atoms with Gasteiger partial charge in [-0.15, -0.1) is 0 Å². The SMILES string of the molecule is COc1ccc(N)c(OCc2nccc(OC)c2OC)c1. The van der Waals surface area contributed by atoms with Crippen LogP contribution in [0.4, 0.5) is 5.69 Å². The Hall–Kier alpha value is -2.63. The lowest BCUT2D eigenvalue weighted by molar-refractivity contribution is 0.284. The summed E-state index contributed by atoms with van der Waals surface area (Å²) in [6.07, 6.45) is 1.63. The van der Waals surface area contributed by atoms with E-state index >= 15 is 0 Å². The van der Waals surface area contributed by atoms with Crippen molar-refractivity contribution < 1.29 is 18.9 Å². The van der Waals surface area contributed by atoms with Gasteiger partial charge in [0.05, 0.1) is 27.0 Å². The molecule has 6 heteroatoms. The number of nitrogen functional groups attached to an aromatic ring is 1. The molecule has 0 aliphatic rings. The lowest BCUT2D eigenvalue weighted by Gasteiger charge is -2.13. The molecule has 0 saturated carbocycles. The first-order valence-corrected chi connectivity index (χ1v) is 6.31. The minimum Gasteiger partial charge on any atom is -0.497 e. The van der Waals surface area contributed by atoms with Crippen LogP contribution in [-0.2, 0) is 6.61 Å². The predicted molar refractivity (Wildman–Crippen MR) is 79.1 cm³/mol. The maximum Gasteiger partial charge on any atom is 0.185 e. The summed E-state index contributed by atoms with van der Waals surface area (Å²) in [6.45, 7) is 0.206. The van der Waals surface area contributed by atoms with Crippen molar-refractivity contribution in [1.29, 1.82) is 0 Å². The summed E-state index contributed by atoms with van der Waals surface area (Å²) in [5.41, 5.74) is 7.03. The number of ether oxygens (including phenoxy) is 4. The summed E-state index contributed by atoms with van der Waals surface area (Å²) in [7, 11) is 4.72. The van der Waals surface area contributed by atoms with Crippen molar-refractivity contribution in [1.82, 2.24) is 4.98 Å². The van der Waals surface area contributed by atoms with Crippen LogP contribution in [0.2, 0.25) is 0 Å². The lowest BCUT2D eigenvalue weighted by Crippen LogP contribution is -2.04. The third kappa shape index (κ3) is 3.28. The number of methoxy groups -OCH3 is 3. The van der Waals surface area contributed by atoms with Crippen LogP contribution in [0.1, 0.15) is 5.69 Å². The van der Waals surface area contributed by atoms with Crippen LogP contribution in [-0.4, -0.2) is 26.3 Å². The number of hydrogen-bond acceptors (Lipinski definition) is 6. The van der Waals surface area contributed by atoms with Crippen LogP contribution in [0.25, 0.3) is 0 Å². The first-order chi connectivity index (χ1) is 10.2. The van der Waals surface area contributed by atoms with E-state index < -0.39 is 0 Å². The molecule has 0 fully saturated rings. The molecule has 0 saturated heterocycles. The van der Waals surface area contributed by atoms with Crippen molar-refractivity contribution in [2.75, 3.05) is 27.1 Å². The van der Waals surface area contributed by atoms with E-state index in [9.17, 15) is 0 Å². The van der Waals surface area contributed by atoms with Crippen molar-refractivity contribution in [3.63, 3.8) is 0 Å². The summed E-state index contributed by atoms with van der Waals surface area (Å²) in [6, 6.07) is 6.95. The summed E-state index contributed by atoms with van der Waals surface area (Å²) in [4.78, 5) is 4.24. The number of benzene rings is 1. The molecule has 1 aromatic carbocycles. The second-order valence-electron chi connectivity index (χ2n) is 4.19. The topological polar surface area (TPSA) is 75.8 Å². The molecule has 2 N–H and O–H groups in total. The van der Waals surface area contributed by atoms with Crippen LogP contribution in [0, 0.1) is 0 Å². The van der Waals surface area contributed by atoms with Gasteiger partial charge in [0.2, 0.25) is 0 Å². The first kappa shape index (κ1) is 14.8. The zero-order chi connectivity index (χ0) is 15.2. The van der Waals surface area contributed by atoms with Crippen molar-refractivity contribution in [3.05, 3.63) is 36.2 Å². The van der Waals surface area contributed by atoms with E-state index in [2.05, 4.69) is 4.98 Å². The van der Waals surface area contributed by atoms with Gasteiger partial charge in [-0.25, -0.2) is 0 Å². The Morgan fingerprint density at radius 1 is 1.00 bits per heavy atom. The standard InChI is InChI=1S/C15H18N2O4/c1-18-10-4-5-11(16)14(8-10)21-9-12-15(20-3)13(19-2)6-7-17-12/h4-8H,9,16H2,1-3H3. The molecule has 0 spiro atoms. The van der Waals surface area contributed by atoms with Crippen molar-refractivity contribution in [3.8, 4) is 23.0 Å². The lowest BCUT2D eigenvalue weighted by atomic mass is 10.2.